The van der Waals surface area contributed by atoms with Gasteiger partial charge in [0.05, 0.1) is 0 Å². The Labute approximate surface area is 195 Å². The average molecular weight is 471 g/mol. The van der Waals surface area contributed by atoms with Gasteiger partial charge in [0.2, 0.25) is 0 Å². The van der Waals surface area contributed by atoms with Gasteiger partial charge in [-0.1, -0.05) is 33.9 Å². The summed E-state index contributed by atoms with van der Waals surface area (Å²) in [6.45, 7) is 15.8. The summed E-state index contributed by atoms with van der Waals surface area (Å²) in [6.07, 6.45) is -1.08. The molecule has 2 amide bonds. The first-order valence-corrected chi connectivity index (χ1v) is 10.7. The van der Waals surface area contributed by atoms with Gasteiger partial charge in [-0.25, -0.2) is 19.2 Å². The Morgan fingerprint density at radius 2 is 1.21 bits per heavy atom. The molecule has 0 saturated heterocycles. The van der Waals surface area contributed by atoms with E-state index in [-0.39, 0.29) is 35.7 Å². The van der Waals surface area contributed by atoms with Gasteiger partial charge in [-0.2, -0.15) is 0 Å². The highest BCUT2D eigenvalue weighted by molar-refractivity contribution is 5.87. The Morgan fingerprint density at radius 1 is 0.788 bits per heavy atom. The van der Waals surface area contributed by atoms with Crippen LogP contribution in [0.3, 0.4) is 0 Å². The van der Waals surface area contributed by atoms with Crippen LogP contribution in [-0.4, -0.2) is 49.5 Å². The second kappa shape index (κ2) is 14.2. The number of hydrogen-bond acceptors (Lipinski definition) is 8. The molecule has 3 atom stereocenters. The molecule has 0 fully saturated rings. The molecule has 0 aromatic carbocycles. The van der Waals surface area contributed by atoms with Gasteiger partial charge in [-0.05, 0) is 50.9 Å². The van der Waals surface area contributed by atoms with Gasteiger partial charge in [0.1, 0.15) is 25.4 Å². The average Bonchev–Trinajstić information content (AvgIpc) is 2.65. The Hall–Kier alpha value is -3.04. The summed E-state index contributed by atoms with van der Waals surface area (Å²) < 4.78 is 20.4. The summed E-state index contributed by atoms with van der Waals surface area (Å²) in [6, 6.07) is 0. The van der Waals surface area contributed by atoms with Crippen LogP contribution in [0.4, 0.5) is 9.59 Å². The molecular formula is C23H38N2O8. The van der Waals surface area contributed by atoms with E-state index in [1.165, 1.54) is 13.8 Å². The van der Waals surface area contributed by atoms with Gasteiger partial charge in [-0.3, -0.25) is 0 Å². The minimum absolute atomic E-state index is 0.118. The largest absolute Gasteiger partial charge is 0.458 e. The van der Waals surface area contributed by atoms with Gasteiger partial charge in [0, 0.05) is 11.1 Å². The van der Waals surface area contributed by atoms with Gasteiger partial charge in [-0.15, -0.1) is 0 Å². The molecule has 0 rings (SSSR count). The van der Waals surface area contributed by atoms with E-state index in [2.05, 4.69) is 13.2 Å². The van der Waals surface area contributed by atoms with E-state index >= 15 is 0 Å². The maximum absolute atomic E-state index is 11.7. The number of esters is 2. The van der Waals surface area contributed by atoms with Crippen molar-refractivity contribution in [3.8, 4) is 0 Å². The van der Waals surface area contributed by atoms with E-state index in [0.29, 0.717) is 19.3 Å². The lowest BCUT2D eigenvalue weighted by molar-refractivity contribution is -0.143. The van der Waals surface area contributed by atoms with Crippen molar-refractivity contribution in [2.45, 2.75) is 72.5 Å². The topological polar surface area (TPSA) is 157 Å². The van der Waals surface area contributed by atoms with E-state index in [0.717, 1.165) is 6.42 Å². The van der Waals surface area contributed by atoms with Crippen molar-refractivity contribution in [1.29, 1.82) is 0 Å². The predicted molar refractivity (Wildman–Crippen MR) is 122 cm³/mol. The zero-order valence-corrected chi connectivity index (χ0v) is 20.3. The number of amides is 2. The highest BCUT2D eigenvalue weighted by Gasteiger charge is 2.29. The number of hydrogen-bond donors (Lipinski definition) is 2. The molecule has 0 aliphatic heterocycles. The molecule has 0 aromatic rings. The summed E-state index contributed by atoms with van der Waals surface area (Å²) in [5, 5.41) is 0. The lowest BCUT2D eigenvalue weighted by Crippen LogP contribution is -2.33. The van der Waals surface area contributed by atoms with Crippen LogP contribution in [0.15, 0.2) is 24.3 Å². The fourth-order valence-electron chi connectivity index (χ4n) is 3.44. The molecule has 0 spiro atoms. The number of carbonyl (C=O) groups excluding carboxylic acids is 4. The number of rotatable bonds is 15. The first kappa shape index (κ1) is 30.0. The summed E-state index contributed by atoms with van der Waals surface area (Å²) in [5.74, 6) is -0.981. The molecule has 0 aliphatic rings. The minimum Gasteiger partial charge on any atom is -0.458 e. The third-order valence-electron chi connectivity index (χ3n) is 4.73. The van der Waals surface area contributed by atoms with Crippen molar-refractivity contribution >= 4 is 24.1 Å². The van der Waals surface area contributed by atoms with Crippen LogP contribution in [0.1, 0.15) is 60.3 Å². The standard InChI is InChI=1S/C23H38N2O8/c1-14(2)19(26)30-12-17(32-21(24)28)9-8-16(5)10-23(6,7)11-18(33-22(25)29)13-31-20(27)15(3)4/h16-18H,1,3,8-13H2,2,4-7H3,(H2,24,28)(H2,25,29). The number of ether oxygens (including phenoxy) is 4. The first-order valence-electron chi connectivity index (χ1n) is 10.7. The fourth-order valence-corrected chi connectivity index (χ4v) is 3.44. The van der Waals surface area contributed by atoms with Gasteiger partial charge >= 0.3 is 24.1 Å². The second-order valence-corrected chi connectivity index (χ2v) is 9.13. The van der Waals surface area contributed by atoms with Crippen LogP contribution >= 0.6 is 0 Å². The van der Waals surface area contributed by atoms with Crippen LogP contribution in [0.2, 0.25) is 0 Å². The molecule has 0 aliphatic carbocycles. The highest BCUT2D eigenvalue weighted by Crippen LogP contribution is 2.33. The zero-order chi connectivity index (χ0) is 25.8. The summed E-state index contributed by atoms with van der Waals surface area (Å²) in [7, 11) is 0. The van der Waals surface area contributed by atoms with Crippen molar-refractivity contribution < 1.29 is 38.1 Å². The Kier molecular flexibility index (Phi) is 12.9. The van der Waals surface area contributed by atoms with Crippen molar-refractivity contribution in [1.82, 2.24) is 0 Å². The maximum atomic E-state index is 11.7. The number of carbonyl (C=O) groups is 4. The predicted octanol–water partition coefficient (Wildman–Crippen LogP) is 3.38. The summed E-state index contributed by atoms with van der Waals surface area (Å²) in [5.41, 5.74) is 10.4. The highest BCUT2D eigenvalue weighted by atomic mass is 16.6. The number of primary amides is 2. The van der Waals surface area contributed by atoms with Crippen molar-refractivity contribution in [3.63, 3.8) is 0 Å². The van der Waals surface area contributed by atoms with Crippen LogP contribution in [0, 0.1) is 11.3 Å². The molecule has 10 nitrogen and oxygen atoms in total. The van der Waals surface area contributed by atoms with E-state index < -0.39 is 36.3 Å². The van der Waals surface area contributed by atoms with Gasteiger partial charge < -0.3 is 30.4 Å². The Bertz CT molecular complexity index is 732. The second-order valence-electron chi connectivity index (χ2n) is 9.13. The number of nitrogens with two attached hydrogens (primary N) is 2. The van der Waals surface area contributed by atoms with E-state index in [1.54, 1.807) is 0 Å². The van der Waals surface area contributed by atoms with Crippen LogP contribution < -0.4 is 11.5 Å². The van der Waals surface area contributed by atoms with E-state index in [1.807, 2.05) is 20.8 Å². The normalized spacial score (nSPS) is 13.7. The molecule has 4 N–H and O–H groups in total. The fraction of sp³-hybridized carbons (Fsp3) is 0.652. The van der Waals surface area contributed by atoms with Gasteiger partial charge in [0.25, 0.3) is 0 Å². The lowest BCUT2D eigenvalue weighted by Gasteiger charge is -2.32. The van der Waals surface area contributed by atoms with Crippen molar-refractivity contribution in [2.75, 3.05) is 13.2 Å². The van der Waals surface area contributed by atoms with Crippen LogP contribution in [0.25, 0.3) is 0 Å². The molecule has 0 saturated carbocycles. The maximum Gasteiger partial charge on any atom is 0.404 e. The molecule has 10 heteroatoms. The van der Waals surface area contributed by atoms with E-state index in [9.17, 15) is 19.2 Å². The van der Waals surface area contributed by atoms with Gasteiger partial charge in [0.15, 0.2) is 0 Å². The summed E-state index contributed by atoms with van der Waals surface area (Å²) >= 11 is 0. The molecule has 0 radical (unpaired) electrons. The molecule has 33 heavy (non-hydrogen) atoms. The molecule has 0 aromatic heterocycles. The van der Waals surface area contributed by atoms with Crippen LogP contribution in [-0.2, 0) is 28.5 Å². The Morgan fingerprint density at radius 3 is 1.64 bits per heavy atom. The van der Waals surface area contributed by atoms with Crippen molar-refractivity contribution in [2.24, 2.45) is 22.8 Å². The minimum atomic E-state index is -0.953. The van der Waals surface area contributed by atoms with Crippen molar-refractivity contribution in [3.05, 3.63) is 24.3 Å². The lowest BCUT2D eigenvalue weighted by atomic mass is 9.77. The monoisotopic (exact) mass is 470 g/mol. The third-order valence-corrected chi connectivity index (χ3v) is 4.73. The van der Waals surface area contributed by atoms with Crippen LogP contribution in [0.5, 0.6) is 0 Å². The smallest absolute Gasteiger partial charge is 0.404 e. The third kappa shape index (κ3) is 14.6. The zero-order valence-electron chi connectivity index (χ0n) is 20.3. The SMILES string of the molecule is C=C(C)C(=O)OCC(CCC(C)CC(C)(C)CC(COC(=O)C(=C)C)OC(N)=O)OC(N)=O. The molecule has 3 unspecified atom stereocenters. The Balaban J connectivity index is 4.88. The molecule has 0 heterocycles. The molecular weight excluding hydrogens is 432 g/mol. The quantitative estimate of drug-likeness (QED) is 0.209. The van der Waals surface area contributed by atoms with E-state index in [4.69, 9.17) is 30.4 Å². The molecule has 188 valence electrons. The summed E-state index contributed by atoms with van der Waals surface area (Å²) in [4.78, 5) is 45.7. The molecule has 0 bridgehead atoms. The first-order chi connectivity index (χ1) is 15.1.